The Labute approximate surface area is 153 Å². The van der Waals surface area contributed by atoms with Crippen LogP contribution >= 0.6 is 0 Å². The van der Waals surface area contributed by atoms with Crippen LogP contribution in [-0.2, 0) is 15.6 Å². The summed E-state index contributed by atoms with van der Waals surface area (Å²) >= 11 is 0. The van der Waals surface area contributed by atoms with Gasteiger partial charge in [-0.1, -0.05) is 74.7 Å². The largest absolute Gasteiger partial charge is 0.507 e. The maximum atomic E-state index is 12.4. The van der Waals surface area contributed by atoms with E-state index in [0.29, 0.717) is 11.5 Å². The lowest BCUT2D eigenvalue weighted by Crippen LogP contribution is -2.20. The molecule has 25 heavy (non-hydrogen) atoms. The first-order valence-corrected chi connectivity index (χ1v) is 9.47. The van der Waals surface area contributed by atoms with Gasteiger partial charge in [0, 0.05) is 11.1 Å². The third kappa shape index (κ3) is 6.05. The third-order valence-electron chi connectivity index (χ3n) is 4.56. The van der Waals surface area contributed by atoms with Crippen molar-refractivity contribution in [1.82, 2.24) is 0 Å². The highest BCUT2D eigenvalue weighted by Gasteiger charge is 2.28. The zero-order valence-electron chi connectivity index (χ0n) is 17.3. The van der Waals surface area contributed by atoms with Gasteiger partial charge in [-0.15, -0.1) is 0 Å². The van der Waals surface area contributed by atoms with E-state index in [0.717, 1.165) is 36.8 Å². The molecule has 0 saturated carbocycles. The van der Waals surface area contributed by atoms with Crippen molar-refractivity contribution in [2.24, 2.45) is 5.92 Å². The number of unbranched alkanes of at least 4 members (excludes halogenated alkanes) is 2. The number of rotatable bonds is 6. The second-order valence-corrected chi connectivity index (χ2v) is 9.18. The summed E-state index contributed by atoms with van der Waals surface area (Å²) in [6.07, 6.45) is 4.18. The molecule has 1 aromatic rings. The molecule has 142 valence electrons. The maximum Gasteiger partial charge on any atom is 0.314 e. The van der Waals surface area contributed by atoms with Crippen molar-refractivity contribution in [3.8, 4) is 11.5 Å². The molecule has 3 heteroatoms. The molecular formula is C22H36O3. The van der Waals surface area contributed by atoms with Gasteiger partial charge >= 0.3 is 5.97 Å². The van der Waals surface area contributed by atoms with E-state index in [1.807, 2.05) is 48.5 Å². The Hall–Kier alpha value is -1.51. The lowest BCUT2D eigenvalue weighted by Gasteiger charge is -2.28. The van der Waals surface area contributed by atoms with E-state index in [2.05, 4.69) is 6.92 Å². The smallest absolute Gasteiger partial charge is 0.314 e. The van der Waals surface area contributed by atoms with Crippen LogP contribution in [0.5, 0.6) is 11.5 Å². The molecule has 1 rings (SSSR count). The fourth-order valence-corrected chi connectivity index (χ4v) is 2.85. The van der Waals surface area contributed by atoms with Crippen molar-refractivity contribution in [2.75, 3.05) is 0 Å². The van der Waals surface area contributed by atoms with Crippen LogP contribution in [0.25, 0.3) is 0 Å². The van der Waals surface area contributed by atoms with E-state index in [4.69, 9.17) is 4.74 Å². The number of hydrogen-bond donors (Lipinski definition) is 1. The minimum absolute atomic E-state index is 0.114. The highest BCUT2D eigenvalue weighted by Crippen LogP contribution is 2.41. The highest BCUT2D eigenvalue weighted by molar-refractivity contribution is 5.75. The molecule has 0 spiro atoms. The minimum atomic E-state index is -0.237. The summed E-state index contributed by atoms with van der Waals surface area (Å²) < 4.78 is 5.68. The van der Waals surface area contributed by atoms with Crippen LogP contribution in [0.15, 0.2) is 12.1 Å². The average Bonchev–Trinajstić information content (AvgIpc) is 2.46. The summed E-state index contributed by atoms with van der Waals surface area (Å²) in [6.45, 7) is 16.4. The van der Waals surface area contributed by atoms with Gasteiger partial charge < -0.3 is 9.84 Å². The highest BCUT2D eigenvalue weighted by atomic mass is 16.5. The Kier molecular flexibility index (Phi) is 7.10. The third-order valence-corrected chi connectivity index (χ3v) is 4.56. The van der Waals surface area contributed by atoms with Crippen LogP contribution in [0.4, 0.5) is 0 Å². The Bertz CT molecular complexity index is 553. The first kappa shape index (κ1) is 21.5. The molecule has 0 amide bonds. The molecule has 0 saturated heterocycles. The van der Waals surface area contributed by atoms with E-state index in [1.54, 1.807) is 12.1 Å². The Morgan fingerprint density at radius 2 is 1.52 bits per heavy atom. The van der Waals surface area contributed by atoms with Crippen molar-refractivity contribution in [3.05, 3.63) is 23.3 Å². The molecule has 0 aromatic heterocycles. The average molecular weight is 349 g/mol. The second kappa shape index (κ2) is 8.25. The van der Waals surface area contributed by atoms with Crippen LogP contribution in [0, 0.1) is 5.92 Å². The number of phenols is 1. The van der Waals surface area contributed by atoms with E-state index in [-0.39, 0.29) is 22.7 Å². The van der Waals surface area contributed by atoms with Crippen LogP contribution in [0.3, 0.4) is 0 Å². The Morgan fingerprint density at radius 3 is 1.92 bits per heavy atom. The zero-order chi connectivity index (χ0) is 19.4. The molecule has 3 nitrogen and oxygen atoms in total. The summed E-state index contributed by atoms with van der Waals surface area (Å²) in [7, 11) is 0. The van der Waals surface area contributed by atoms with Gasteiger partial charge in [0.25, 0.3) is 0 Å². The second-order valence-electron chi connectivity index (χ2n) is 9.18. The summed E-state index contributed by atoms with van der Waals surface area (Å²) in [6, 6.07) is 3.61. The van der Waals surface area contributed by atoms with E-state index < -0.39 is 0 Å². The van der Waals surface area contributed by atoms with Crippen molar-refractivity contribution < 1.29 is 14.6 Å². The van der Waals surface area contributed by atoms with Crippen molar-refractivity contribution in [3.63, 3.8) is 0 Å². The molecule has 0 aliphatic rings. The maximum absolute atomic E-state index is 12.4. The van der Waals surface area contributed by atoms with E-state index in [9.17, 15) is 9.90 Å². The normalized spacial score (nSPS) is 13.6. The molecule has 0 fully saturated rings. The number of hydrogen-bond acceptors (Lipinski definition) is 3. The summed E-state index contributed by atoms with van der Waals surface area (Å²) in [5, 5.41) is 10.7. The summed E-state index contributed by atoms with van der Waals surface area (Å²) in [4.78, 5) is 12.4. The van der Waals surface area contributed by atoms with Crippen LogP contribution in [-0.4, -0.2) is 11.1 Å². The number of carbonyl (C=O) groups excluding carboxylic acids is 1. The molecule has 0 radical (unpaired) electrons. The van der Waals surface area contributed by atoms with Gasteiger partial charge in [-0.3, -0.25) is 4.79 Å². The minimum Gasteiger partial charge on any atom is -0.507 e. The first-order valence-electron chi connectivity index (χ1n) is 9.47. The molecule has 1 aromatic carbocycles. The van der Waals surface area contributed by atoms with E-state index in [1.165, 1.54) is 0 Å². The number of benzene rings is 1. The van der Waals surface area contributed by atoms with Gasteiger partial charge in [0.15, 0.2) is 0 Å². The molecule has 0 heterocycles. The summed E-state index contributed by atoms with van der Waals surface area (Å²) in [5.41, 5.74) is 1.14. The molecule has 0 aliphatic heterocycles. The summed E-state index contributed by atoms with van der Waals surface area (Å²) in [5.74, 6) is 0.522. The predicted molar refractivity (Wildman–Crippen MR) is 104 cm³/mol. The lowest BCUT2D eigenvalue weighted by atomic mass is 9.79. The monoisotopic (exact) mass is 348 g/mol. The number of phenolic OH excluding ortho intramolecular Hbond substituents is 1. The first-order chi connectivity index (χ1) is 11.4. The fourth-order valence-electron chi connectivity index (χ4n) is 2.85. The van der Waals surface area contributed by atoms with Crippen LogP contribution in [0.2, 0.25) is 0 Å². The standard InChI is InChI=1S/C22H36O3/c1-9-10-11-12-15(2)20(24)25-16-13-17(21(3,4)5)19(23)18(14-16)22(6,7)8/h13-15,23H,9-12H2,1-8H3. The Morgan fingerprint density at radius 1 is 1.04 bits per heavy atom. The van der Waals surface area contributed by atoms with Crippen molar-refractivity contribution in [1.29, 1.82) is 0 Å². The predicted octanol–water partition coefficient (Wildman–Crippen LogP) is 6.11. The SMILES string of the molecule is CCCCCC(C)C(=O)Oc1cc(C(C)(C)C)c(O)c(C(C)(C)C)c1. The zero-order valence-corrected chi connectivity index (χ0v) is 17.3. The van der Waals surface area contributed by atoms with Gasteiger partial charge in [0.1, 0.15) is 11.5 Å². The van der Waals surface area contributed by atoms with Gasteiger partial charge in [0.2, 0.25) is 0 Å². The number of ether oxygens (including phenoxy) is 1. The molecule has 0 aliphatic carbocycles. The van der Waals surface area contributed by atoms with E-state index >= 15 is 0 Å². The number of aromatic hydroxyl groups is 1. The molecule has 1 atom stereocenters. The van der Waals surface area contributed by atoms with Gasteiger partial charge in [-0.2, -0.15) is 0 Å². The number of carbonyl (C=O) groups is 1. The van der Waals surface area contributed by atoms with Gasteiger partial charge in [-0.25, -0.2) is 0 Å². The van der Waals surface area contributed by atoms with Gasteiger partial charge in [-0.05, 0) is 29.4 Å². The Balaban J connectivity index is 3.13. The molecule has 1 unspecified atom stereocenters. The van der Waals surface area contributed by atoms with Crippen LogP contribution in [0.1, 0.15) is 92.2 Å². The molecular weight excluding hydrogens is 312 g/mol. The number of esters is 1. The van der Waals surface area contributed by atoms with Crippen molar-refractivity contribution in [2.45, 2.75) is 91.9 Å². The van der Waals surface area contributed by atoms with Crippen LogP contribution < -0.4 is 4.74 Å². The molecule has 1 N–H and O–H groups in total. The van der Waals surface area contributed by atoms with Gasteiger partial charge in [0.05, 0.1) is 5.92 Å². The fraction of sp³-hybridized carbons (Fsp3) is 0.682. The lowest BCUT2D eigenvalue weighted by molar-refractivity contribution is -0.138. The molecule has 0 bridgehead atoms. The quantitative estimate of drug-likeness (QED) is 0.383. The van der Waals surface area contributed by atoms with Crippen molar-refractivity contribution >= 4 is 5.97 Å². The topological polar surface area (TPSA) is 46.5 Å².